The molecule has 0 aromatic carbocycles. The smallest absolute Gasteiger partial charge is 0.261 e. The molecule has 10 heteroatoms. The fraction of sp³-hybridized carbons (Fsp3) is 0.207. The van der Waals surface area contributed by atoms with Crippen molar-refractivity contribution in [2.45, 2.75) is 25.8 Å². The van der Waals surface area contributed by atoms with Crippen LogP contribution in [0.15, 0.2) is 79.6 Å². The monoisotopic (exact) mass is 524 g/mol. The lowest BCUT2D eigenvalue weighted by atomic mass is 10.1. The van der Waals surface area contributed by atoms with E-state index in [-0.39, 0.29) is 13.0 Å². The van der Waals surface area contributed by atoms with E-state index in [0.717, 1.165) is 44.5 Å². The number of pyridine rings is 3. The van der Waals surface area contributed by atoms with Gasteiger partial charge < -0.3 is 4.98 Å². The van der Waals surface area contributed by atoms with Gasteiger partial charge in [0.25, 0.3) is 5.92 Å². The maximum Gasteiger partial charge on any atom is 0.261 e. The van der Waals surface area contributed by atoms with Gasteiger partial charge in [-0.3, -0.25) is 25.0 Å². The zero-order valence-electron chi connectivity index (χ0n) is 21.3. The fourth-order valence-corrected chi connectivity index (χ4v) is 4.72. The van der Waals surface area contributed by atoms with Crippen LogP contribution in [0.25, 0.3) is 44.8 Å². The van der Waals surface area contributed by atoms with Crippen molar-refractivity contribution >= 4 is 11.0 Å². The van der Waals surface area contributed by atoms with Gasteiger partial charge in [-0.25, -0.2) is 13.8 Å². The lowest BCUT2D eigenvalue weighted by Gasteiger charge is -2.15. The number of H-pyrrole nitrogens is 2. The Hall–Kier alpha value is -4.57. The van der Waals surface area contributed by atoms with Crippen molar-refractivity contribution in [1.29, 1.82) is 0 Å². The fourth-order valence-electron chi connectivity index (χ4n) is 4.72. The van der Waals surface area contributed by atoms with Crippen LogP contribution in [0.1, 0.15) is 17.7 Å². The summed E-state index contributed by atoms with van der Waals surface area (Å²) in [5.41, 5.74) is 7.57. The molecule has 39 heavy (non-hydrogen) atoms. The Labute approximate surface area is 223 Å². The number of likely N-dealkylation sites (tertiary alicyclic amines) is 1. The number of alkyl halides is 2. The SMILES string of the molecule is Cc1ccc(-c2cncc(CN3CCC(F)(F)C3)c2)ccc(-c2nc3c(-c4ccncc4)cncc3[nH]2)n[nH]1. The lowest BCUT2D eigenvalue weighted by molar-refractivity contribution is 0.0115. The topological polar surface area (TPSA) is 99.3 Å². The molecule has 0 unspecified atom stereocenters. The highest BCUT2D eigenvalue weighted by Crippen LogP contribution is 2.30. The van der Waals surface area contributed by atoms with Crippen molar-refractivity contribution in [2.24, 2.45) is 0 Å². The summed E-state index contributed by atoms with van der Waals surface area (Å²) in [6, 6.07) is 13.6. The number of nitrogens with zero attached hydrogens (tertiary/aromatic N) is 6. The first-order chi connectivity index (χ1) is 18.9. The predicted octanol–water partition coefficient (Wildman–Crippen LogP) is 5.75. The molecule has 2 N–H and O–H groups in total. The van der Waals surface area contributed by atoms with E-state index in [1.165, 1.54) is 0 Å². The van der Waals surface area contributed by atoms with Crippen molar-refractivity contribution in [2.75, 3.05) is 13.1 Å². The van der Waals surface area contributed by atoms with Crippen LogP contribution in [0.4, 0.5) is 8.78 Å². The van der Waals surface area contributed by atoms with Crippen LogP contribution in [-0.4, -0.2) is 59.0 Å². The summed E-state index contributed by atoms with van der Waals surface area (Å²) in [7, 11) is 0. The summed E-state index contributed by atoms with van der Waals surface area (Å²) in [5, 5.41) is 7.66. The van der Waals surface area contributed by atoms with Crippen LogP contribution in [0, 0.1) is 6.92 Å². The van der Waals surface area contributed by atoms with Gasteiger partial charge in [-0.1, -0.05) is 12.1 Å². The van der Waals surface area contributed by atoms with E-state index in [9.17, 15) is 8.78 Å². The minimum atomic E-state index is -2.62. The van der Waals surface area contributed by atoms with E-state index < -0.39 is 5.92 Å². The molecule has 1 saturated heterocycles. The van der Waals surface area contributed by atoms with E-state index in [2.05, 4.69) is 30.1 Å². The van der Waals surface area contributed by atoms with Crippen LogP contribution in [0.5, 0.6) is 0 Å². The van der Waals surface area contributed by atoms with Gasteiger partial charge >= 0.3 is 0 Å². The number of hydrogen-bond donors (Lipinski definition) is 2. The van der Waals surface area contributed by atoms with Gasteiger partial charge in [0, 0.05) is 67.3 Å². The largest absolute Gasteiger partial charge is 0.335 e. The van der Waals surface area contributed by atoms with Crippen LogP contribution in [0.3, 0.4) is 0 Å². The molecule has 6 rings (SSSR count). The molecule has 1 fully saturated rings. The van der Waals surface area contributed by atoms with Crippen molar-refractivity contribution in [3.63, 3.8) is 0 Å². The van der Waals surface area contributed by atoms with Gasteiger partial charge in [0.2, 0.25) is 0 Å². The molecule has 0 radical (unpaired) electrons. The number of hydrogen-bond acceptors (Lipinski definition) is 6. The summed E-state index contributed by atoms with van der Waals surface area (Å²) in [6.07, 6.45) is 10.4. The Morgan fingerprint density at radius 1 is 0.897 bits per heavy atom. The molecule has 5 aromatic rings. The van der Waals surface area contributed by atoms with E-state index >= 15 is 0 Å². The molecule has 0 bridgehead atoms. The van der Waals surface area contributed by atoms with E-state index in [4.69, 9.17) is 4.98 Å². The van der Waals surface area contributed by atoms with E-state index in [0.29, 0.717) is 24.6 Å². The van der Waals surface area contributed by atoms with Gasteiger partial charge in [0.15, 0.2) is 5.82 Å². The molecule has 0 amide bonds. The number of imidazole rings is 1. The number of nitrogens with one attached hydrogen (secondary N) is 2. The summed E-state index contributed by atoms with van der Waals surface area (Å²) < 4.78 is 27.3. The second-order valence-electron chi connectivity index (χ2n) is 9.72. The van der Waals surface area contributed by atoms with Gasteiger partial charge in [-0.2, -0.15) is 5.10 Å². The first-order valence-electron chi connectivity index (χ1n) is 12.6. The molecular weight excluding hydrogens is 498 g/mol. The van der Waals surface area contributed by atoms with Gasteiger partial charge in [-0.15, -0.1) is 0 Å². The van der Waals surface area contributed by atoms with Crippen molar-refractivity contribution in [3.05, 3.63) is 90.9 Å². The minimum Gasteiger partial charge on any atom is -0.335 e. The third kappa shape index (κ3) is 5.51. The first kappa shape index (κ1) is 24.7. The maximum atomic E-state index is 13.7. The second kappa shape index (κ2) is 10.3. The summed E-state index contributed by atoms with van der Waals surface area (Å²) in [5.74, 6) is -2.03. The number of fused-ring (bicyclic) bond motifs is 1. The Kier molecular flexibility index (Phi) is 6.54. The normalized spacial score (nSPS) is 14.9. The Morgan fingerprint density at radius 3 is 2.54 bits per heavy atom. The van der Waals surface area contributed by atoms with Gasteiger partial charge in [-0.05, 0) is 53.9 Å². The molecule has 8 nitrogen and oxygen atoms in total. The highest BCUT2D eigenvalue weighted by atomic mass is 19.3. The third-order valence-electron chi connectivity index (χ3n) is 6.70. The molecule has 5 aromatic heterocycles. The molecule has 0 saturated carbocycles. The van der Waals surface area contributed by atoms with E-state index in [1.54, 1.807) is 42.1 Å². The number of aryl methyl sites for hydroxylation is 1. The van der Waals surface area contributed by atoms with Crippen molar-refractivity contribution in [1.82, 2.24) is 40.0 Å². The number of halogens is 2. The number of aromatic amines is 2. The summed E-state index contributed by atoms with van der Waals surface area (Å²) in [4.78, 5) is 22.8. The van der Waals surface area contributed by atoms with Crippen LogP contribution < -0.4 is 0 Å². The molecule has 6 heterocycles. The zero-order valence-corrected chi connectivity index (χ0v) is 21.3. The molecule has 0 spiro atoms. The van der Waals surface area contributed by atoms with E-state index in [1.807, 2.05) is 49.4 Å². The summed E-state index contributed by atoms with van der Waals surface area (Å²) in [6.45, 7) is 2.52. The zero-order chi connectivity index (χ0) is 26.8. The quantitative estimate of drug-likeness (QED) is 0.304. The van der Waals surface area contributed by atoms with Crippen LogP contribution in [0.2, 0.25) is 0 Å². The minimum absolute atomic E-state index is 0.102. The molecule has 1 aliphatic rings. The Bertz CT molecular complexity index is 1680. The predicted molar refractivity (Wildman–Crippen MR) is 145 cm³/mol. The molecular formula is C29H26F2N8. The first-order valence-corrected chi connectivity index (χ1v) is 12.6. The number of rotatable bonds is 5. The number of aromatic nitrogens is 7. The third-order valence-corrected chi connectivity index (χ3v) is 6.70. The Morgan fingerprint density at radius 2 is 1.72 bits per heavy atom. The highest BCUT2D eigenvalue weighted by Gasteiger charge is 2.37. The van der Waals surface area contributed by atoms with Crippen molar-refractivity contribution < 1.29 is 8.78 Å². The van der Waals surface area contributed by atoms with Gasteiger partial charge in [0.1, 0.15) is 5.69 Å². The van der Waals surface area contributed by atoms with Crippen molar-refractivity contribution in [3.8, 4) is 33.8 Å². The highest BCUT2D eigenvalue weighted by molar-refractivity contribution is 5.92. The van der Waals surface area contributed by atoms with Gasteiger partial charge in [0.05, 0.1) is 23.8 Å². The lowest BCUT2D eigenvalue weighted by Crippen LogP contribution is -2.24. The average Bonchev–Trinajstić information content (AvgIpc) is 3.54. The standard InChI is InChI=1S/C29H26F2N8/c1-19-2-3-21(23-12-20(13-33-14-23)17-39-11-8-29(30,31)18-39)4-5-25(38-37-19)28-35-26-16-34-15-24(27(26)36-28)22-6-9-32-10-7-22/h2-7,9-10,12-16,37H,8,11,17-18H2,1H3,(H,35,36). The molecule has 196 valence electrons. The molecule has 0 aliphatic carbocycles. The summed E-state index contributed by atoms with van der Waals surface area (Å²) >= 11 is 0. The van der Waals surface area contributed by atoms with Crippen LogP contribution >= 0.6 is 0 Å². The molecule has 1 aliphatic heterocycles. The maximum absolute atomic E-state index is 13.7. The average molecular weight is 525 g/mol. The second-order valence-corrected chi connectivity index (χ2v) is 9.72. The molecule has 0 atom stereocenters. The van der Waals surface area contributed by atoms with Crippen LogP contribution in [-0.2, 0) is 6.54 Å². The Balaban J connectivity index is 1.37.